The van der Waals surface area contributed by atoms with Gasteiger partial charge in [0.15, 0.2) is 0 Å². The molecule has 5 rings (SSSR count). The highest BCUT2D eigenvalue weighted by molar-refractivity contribution is 5.98. The summed E-state index contributed by atoms with van der Waals surface area (Å²) in [5.41, 5.74) is 3.09. The summed E-state index contributed by atoms with van der Waals surface area (Å²) >= 11 is 0. The van der Waals surface area contributed by atoms with Crippen LogP contribution in [0.4, 0.5) is 0 Å². The minimum Gasteiger partial charge on any atom is -0.496 e. The van der Waals surface area contributed by atoms with Crippen LogP contribution in [0.1, 0.15) is 28.3 Å². The van der Waals surface area contributed by atoms with Gasteiger partial charge in [0.1, 0.15) is 17.1 Å². The van der Waals surface area contributed by atoms with Gasteiger partial charge in [-0.1, -0.05) is 12.1 Å². The number of methoxy groups -OCH3 is 1. The second-order valence-corrected chi connectivity index (χ2v) is 9.04. The number of benzene rings is 1. The summed E-state index contributed by atoms with van der Waals surface area (Å²) in [6, 6.07) is 9.51. The normalized spacial score (nSPS) is 13.9. The zero-order chi connectivity index (χ0) is 25.1. The quantitative estimate of drug-likeness (QED) is 0.379. The zero-order valence-corrected chi connectivity index (χ0v) is 20.7. The minimum atomic E-state index is -0.218. The Kier molecular flexibility index (Phi) is 6.86. The number of nitrogens with zero attached hydrogens (tertiary/aromatic N) is 6. The lowest BCUT2D eigenvalue weighted by Gasteiger charge is -2.18. The molecule has 0 fully saturated rings. The van der Waals surface area contributed by atoms with Crippen LogP contribution < -0.4 is 15.6 Å². The molecule has 1 N–H and O–H groups in total. The fourth-order valence-electron chi connectivity index (χ4n) is 4.86. The van der Waals surface area contributed by atoms with Gasteiger partial charge in [-0.3, -0.25) is 14.5 Å². The molecular weight excluding hydrogens is 458 g/mol. The number of ether oxygens (including phenoxy) is 1. The minimum absolute atomic E-state index is 0.150. The monoisotopic (exact) mass is 489 g/mol. The van der Waals surface area contributed by atoms with Gasteiger partial charge in [0.05, 0.1) is 31.0 Å². The standard InChI is InChI=1S/C26H31N7O3/c1-30-20-7-4-3-6-19(20)29-23(30)17-31-12-8-21-25(22(36-2)16-24(34)33(21)15-14-31)26(35)28-9-5-11-32-13-10-27-18-32/h3-4,6-7,10,13,16,18H,5,8-9,11-12,14-15,17H2,1-2H3,(H,28,35). The van der Waals surface area contributed by atoms with Gasteiger partial charge in [-0.15, -0.1) is 0 Å². The van der Waals surface area contributed by atoms with Crippen LogP contribution in [0.5, 0.6) is 5.75 Å². The predicted octanol–water partition coefficient (Wildman–Crippen LogP) is 1.82. The molecule has 0 saturated heterocycles. The maximum absolute atomic E-state index is 13.2. The number of imidazole rings is 2. The van der Waals surface area contributed by atoms with Gasteiger partial charge in [-0.05, 0) is 18.6 Å². The molecule has 188 valence electrons. The molecule has 1 amide bonds. The molecule has 10 nitrogen and oxygen atoms in total. The van der Waals surface area contributed by atoms with Crippen LogP contribution >= 0.6 is 0 Å². The lowest BCUT2D eigenvalue weighted by atomic mass is 10.1. The van der Waals surface area contributed by atoms with Gasteiger partial charge in [-0.2, -0.15) is 0 Å². The van der Waals surface area contributed by atoms with Crippen molar-refractivity contribution >= 4 is 16.9 Å². The maximum Gasteiger partial charge on any atom is 0.256 e. The van der Waals surface area contributed by atoms with E-state index in [1.54, 1.807) is 17.1 Å². The number of aryl methyl sites for hydroxylation is 2. The van der Waals surface area contributed by atoms with Crippen molar-refractivity contribution in [2.75, 3.05) is 26.7 Å². The number of pyridine rings is 1. The number of carbonyl (C=O) groups is 1. The fourth-order valence-corrected chi connectivity index (χ4v) is 4.86. The largest absolute Gasteiger partial charge is 0.496 e. The van der Waals surface area contributed by atoms with E-state index in [-0.39, 0.29) is 11.5 Å². The van der Waals surface area contributed by atoms with Crippen LogP contribution in [-0.2, 0) is 33.1 Å². The van der Waals surface area contributed by atoms with Gasteiger partial charge in [0.25, 0.3) is 11.5 Å². The van der Waals surface area contributed by atoms with Gasteiger partial charge in [0.2, 0.25) is 0 Å². The molecule has 0 spiro atoms. The molecule has 1 aromatic carbocycles. The number of hydrogen-bond donors (Lipinski definition) is 1. The molecule has 0 saturated carbocycles. The van der Waals surface area contributed by atoms with Crippen molar-refractivity contribution in [2.24, 2.45) is 7.05 Å². The number of carbonyl (C=O) groups excluding carboxylic acids is 1. The summed E-state index contributed by atoms with van der Waals surface area (Å²) in [5, 5.41) is 3.00. The molecule has 3 aromatic heterocycles. The topological polar surface area (TPSA) is 99.2 Å². The molecule has 0 radical (unpaired) electrons. The Labute approximate surface area is 209 Å². The van der Waals surface area contributed by atoms with E-state index in [1.807, 2.05) is 36.0 Å². The molecular formula is C26H31N7O3. The lowest BCUT2D eigenvalue weighted by molar-refractivity contribution is 0.0947. The first kappa shape index (κ1) is 23.8. The van der Waals surface area contributed by atoms with E-state index in [0.717, 1.165) is 35.5 Å². The summed E-state index contributed by atoms with van der Waals surface area (Å²) < 4.78 is 11.3. The summed E-state index contributed by atoms with van der Waals surface area (Å²) in [5.74, 6) is 1.08. The molecule has 0 unspecified atom stereocenters. The second-order valence-electron chi connectivity index (χ2n) is 9.04. The Balaban J connectivity index is 1.32. The van der Waals surface area contributed by atoms with Gasteiger partial charge < -0.3 is 23.8 Å². The summed E-state index contributed by atoms with van der Waals surface area (Å²) in [7, 11) is 3.53. The first-order valence-electron chi connectivity index (χ1n) is 12.2. The van der Waals surface area contributed by atoms with Crippen LogP contribution in [0.25, 0.3) is 11.0 Å². The molecule has 1 aliphatic rings. The van der Waals surface area contributed by atoms with E-state index >= 15 is 0 Å². The molecule has 0 bridgehead atoms. The van der Waals surface area contributed by atoms with E-state index in [4.69, 9.17) is 9.72 Å². The second kappa shape index (κ2) is 10.4. The van der Waals surface area contributed by atoms with Crippen molar-refractivity contribution in [2.45, 2.75) is 32.5 Å². The molecule has 0 atom stereocenters. The average molecular weight is 490 g/mol. The van der Waals surface area contributed by atoms with Crippen molar-refractivity contribution in [3.63, 3.8) is 0 Å². The summed E-state index contributed by atoms with van der Waals surface area (Å²) in [6.45, 7) is 3.84. The van der Waals surface area contributed by atoms with Crippen LogP contribution in [0, 0.1) is 0 Å². The number of fused-ring (bicyclic) bond motifs is 2. The molecule has 36 heavy (non-hydrogen) atoms. The van der Waals surface area contributed by atoms with Crippen molar-refractivity contribution < 1.29 is 9.53 Å². The Morgan fingerprint density at radius 2 is 2.06 bits per heavy atom. The van der Waals surface area contributed by atoms with Crippen LogP contribution in [0.2, 0.25) is 0 Å². The first-order valence-corrected chi connectivity index (χ1v) is 12.2. The SMILES string of the molecule is COc1cc(=O)n2c(c1C(=O)NCCCn1ccnc1)CCN(Cc1nc3ccccc3n1C)CC2. The molecule has 10 heteroatoms. The fraction of sp³-hybridized carbons (Fsp3) is 0.385. The van der Waals surface area contributed by atoms with E-state index < -0.39 is 0 Å². The predicted molar refractivity (Wildman–Crippen MR) is 136 cm³/mol. The number of rotatable bonds is 8. The number of para-hydroxylation sites is 2. The van der Waals surface area contributed by atoms with E-state index in [9.17, 15) is 9.59 Å². The Morgan fingerprint density at radius 3 is 2.83 bits per heavy atom. The zero-order valence-electron chi connectivity index (χ0n) is 20.7. The van der Waals surface area contributed by atoms with Crippen LogP contribution in [0.15, 0.2) is 53.8 Å². The van der Waals surface area contributed by atoms with Gasteiger partial charge >= 0.3 is 0 Å². The molecule has 0 aliphatic carbocycles. The Bertz CT molecular complexity index is 1420. The highest BCUT2D eigenvalue weighted by atomic mass is 16.5. The summed E-state index contributed by atoms with van der Waals surface area (Å²) in [6.07, 6.45) is 6.72. The number of aromatic nitrogens is 5. The Morgan fingerprint density at radius 1 is 1.19 bits per heavy atom. The molecule has 4 aromatic rings. The highest BCUT2D eigenvalue weighted by Crippen LogP contribution is 2.23. The van der Waals surface area contributed by atoms with Crippen LogP contribution in [-0.4, -0.2) is 61.2 Å². The first-order chi connectivity index (χ1) is 17.5. The maximum atomic E-state index is 13.2. The van der Waals surface area contributed by atoms with Gasteiger partial charge in [0, 0.05) is 70.3 Å². The van der Waals surface area contributed by atoms with E-state index in [1.165, 1.54) is 13.2 Å². The third-order valence-corrected chi connectivity index (χ3v) is 6.82. The van der Waals surface area contributed by atoms with E-state index in [0.29, 0.717) is 50.5 Å². The summed E-state index contributed by atoms with van der Waals surface area (Å²) in [4.78, 5) is 37.3. The number of nitrogens with one attached hydrogen (secondary N) is 1. The molecule has 1 aliphatic heterocycles. The number of hydrogen-bond acceptors (Lipinski definition) is 6. The van der Waals surface area contributed by atoms with Crippen molar-refractivity contribution in [1.82, 2.24) is 33.9 Å². The highest BCUT2D eigenvalue weighted by Gasteiger charge is 2.25. The average Bonchev–Trinajstić information content (AvgIpc) is 3.45. The van der Waals surface area contributed by atoms with Crippen molar-refractivity contribution in [1.29, 1.82) is 0 Å². The van der Waals surface area contributed by atoms with E-state index in [2.05, 4.69) is 25.8 Å². The Hall–Kier alpha value is -3.92. The third kappa shape index (κ3) is 4.76. The number of amides is 1. The molecule has 4 heterocycles. The van der Waals surface area contributed by atoms with Crippen molar-refractivity contribution in [3.8, 4) is 5.75 Å². The van der Waals surface area contributed by atoms with Gasteiger partial charge in [-0.25, -0.2) is 9.97 Å². The smallest absolute Gasteiger partial charge is 0.256 e. The lowest BCUT2D eigenvalue weighted by Crippen LogP contribution is -2.32. The van der Waals surface area contributed by atoms with Crippen molar-refractivity contribution in [3.05, 3.63) is 76.5 Å². The third-order valence-electron chi connectivity index (χ3n) is 6.82. The van der Waals surface area contributed by atoms with Crippen LogP contribution in [0.3, 0.4) is 0 Å².